The largest absolute Gasteiger partial charge is 0.486 e. The van der Waals surface area contributed by atoms with E-state index in [9.17, 15) is 0 Å². The minimum absolute atomic E-state index is 0.473. The van der Waals surface area contributed by atoms with Crippen molar-refractivity contribution in [1.29, 1.82) is 0 Å². The van der Waals surface area contributed by atoms with Gasteiger partial charge in [0.15, 0.2) is 11.5 Å². The molecule has 1 aromatic rings. The van der Waals surface area contributed by atoms with Gasteiger partial charge >= 0.3 is 0 Å². The fourth-order valence-electron chi connectivity index (χ4n) is 3.17. The summed E-state index contributed by atoms with van der Waals surface area (Å²) in [5, 5.41) is 3.67. The SMILES string of the molecule is COC1CCC(NCCc2ccc3c(c2)OCCO3)CC1. The van der Waals surface area contributed by atoms with E-state index in [4.69, 9.17) is 14.2 Å². The van der Waals surface area contributed by atoms with E-state index >= 15 is 0 Å². The van der Waals surface area contributed by atoms with E-state index in [0.29, 0.717) is 25.4 Å². The molecule has 3 rings (SSSR count). The summed E-state index contributed by atoms with van der Waals surface area (Å²) in [5.74, 6) is 1.76. The Labute approximate surface area is 126 Å². The summed E-state index contributed by atoms with van der Waals surface area (Å²) in [4.78, 5) is 0. The maximum Gasteiger partial charge on any atom is 0.161 e. The molecule has 0 radical (unpaired) electrons. The Balaban J connectivity index is 1.43. The van der Waals surface area contributed by atoms with Crippen molar-refractivity contribution < 1.29 is 14.2 Å². The lowest BCUT2D eigenvalue weighted by Gasteiger charge is -2.28. The average Bonchev–Trinajstić information content (AvgIpc) is 2.55. The van der Waals surface area contributed by atoms with Gasteiger partial charge in [0.2, 0.25) is 0 Å². The molecular formula is C17H25NO3. The molecule has 4 nitrogen and oxygen atoms in total. The van der Waals surface area contributed by atoms with Gasteiger partial charge < -0.3 is 19.5 Å². The number of hydrogen-bond donors (Lipinski definition) is 1. The summed E-state index contributed by atoms with van der Waals surface area (Å²) in [6, 6.07) is 6.91. The summed E-state index contributed by atoms with van der Waals surface area (Å²) < 4.78 is 16.6. The van der Waals surface area contributed by atoms with Crippen LogP contribution in [0.1, 0.15) is 31.2 Å². The number of hydrogen-bond acceptors (Lipinski definition) is 4. The predicted octanol–water partition coefficient (Wildman–Crippen LogP) is 2.55. The first-order valence-electron chi connectivity index (χ1n) is 8.00. The number of benzene rings is 1. The van der Waals surface area contributed by atoms with Crippen molar-refractivity contribution in [1.82, 2.24) is 5.32 Å². The highest BCUT2D eigenvalue weighted by Gasteiger charge is 2.20. The molecule has 1 N–H and O–H groups in total. The van der Waals surface area contributed by atoms with Gasteiger partial charge in [-0.15, -0.1) is 0 Å². The van der Waals surface area contributed by atoms with Crippen LogP contribution < -0.4 is 14.8 Å². The zero-order valence-electron chi connectivity index (χ0n) is 12.8. The molecule has 4 heteroatoms. The van der Waals surface area contributed by atoms with Crippen molar-refractivity contribution in [3.63, 3.8) is 0 Å². The number of nitrogens with one attached hydrogen (secondary N) is 1. The van der Waals surface area contributed by atoms with Crippen LogP contribution in [0.3, 0.4) is 0 Å². The maximum absolute atomic E-state index is 5.63. The van der Waals surface area contributed by atoms with Gasteiger partial charge in [-0.1, -0.05) is 6.07 Å². The van der Waals surface area contributed by atoms with Gasteiger partial charge in [-0.05, 0) is 56.3 Å². The highest BCUT2D eigenvalue weighted by Crippen LogP contribution is 2.30. The van der Waals surface area contributed by atoms with Crippen LogP contribution in [0.2, 0.25) is 0 Å². The molecule has 1 fully saturated rings. The van der Waals surface area contributed by atoms with Crippen molar-refractivity contribution >= 4 is 0 Å². The molecule has 0 unspecified atom stereocenters. The van der Waals surface area contributed by atoms with E-state index in [2.05, 4.69) is 17.4 Å². The summed E-state index contributed by atoms with van der Waals surface area (Å²) in [6.07, 6.45) is 6.30. The quantitative estimate of drug-likeness (QED) is 0.905. The summed E-state index contributed by atoms with van der Waals surface area (Å²) in [7, 11) is 1.82. The van der Waals surface area contributed by atoms with E-state index in [1.807, 2.05) is 13.2 Å². The molecule has 1 saturated carbocycles. The molecule has 0 saturated heterocycles. The van der Waals surface area contributed by atoms with E-state index in [1.54, 1.807) is 0 Å². The average molecular weight is 291 g/mol. The van der Waals surface area contributed by atoms with Crippen molar-refractivity contribution in [2.75, 3.05) is 26.9 Å². The molecule has 1 aromatic carbocycles. The number of rotatable bonds is 5. The van der Waals surface area contributed by atoms with Gasteiger partial charge in [0.25, 0.3) is 0 Å². The van der Waals surface area contributed by atoms with Gasteiger partial charge in [0.1, 0.15) is 13.2 Å². The predicted molar refractivity (Wildman–Crippen MR) is 82.2 cm³/mol. The molecule has 21 heavy (non-hydrogen) atoms. The summed E-state index contributed by atoms with van der Waals surface area (Å²) in [6.45, 7) is 2.32. The van der Waals surface area contributed by atoms with E-state index < -0.39 is 0 Å². The molecule has 2 aliphatic rings. The second-order valence-corrected chi connectivity index (χ2v) is 5.89. The summed E-state index contributed by atoms with van der Waals surface area (Å²) >= 11 is 0. The van der Waals surface area contributed by atoms with Crippen LogP contribution in [0, 0.1) is 0 Å². The van der Waals surface area contributed by atoms with Gasteiger partial charge in [-0.25, -0.2) is 0 Å². The molecule has 0 bridgehead atoms. The van der Waals surface area contributed by atoms with Crippen LogP contribution in [0.15, 0.2) is 18.2 Å². The van der Waals surface area contributed by atoms with Gasteiger partial charge in [0.05, 0.1) is 6.10 Å². The Hall–Kier alpha value is -1.26. The van der Waals surface area contributed by atoms with Crippen LogP contribution in [0.25, 0.3) is 0 Å². The first-order chi connectivity index (χ1) is 10.3. The van der Waals surface area contributed by atoms with Crippen LogP contribution in [0.5, 0.6) is 11.5 Å². The molecule has 116 valence electrons. The van der Waals surface area contributed by atoms with Gasteiger partial charge in [-0.3, -0.25) is 0 Å². The van der Waals surface area contributed by atoms with Crippen LogP contribution in [-0.2, 0) is 11.2 Å². The smallest absolute Gasteiger partial charge is 0.161 e. The molecular weight excluding hydrogens is 266 g/mol. The molecule has 1 aliphatic heterocycles. The molecule has 0 atom stereocenters. The third-order valence-electron chi connectivity index (χ3n) is 4.46. The molecule has 1 heterocycles. The van der Waals surface area contributed by atoms with Gasteiger partial charge in [-0.2, -0.15) is 0 Å². The summed E-state index contributed by atoms with van der Waals surface area (Å²) in [5.41, 5.74) is 1.30. The zero-order valence-corrected chi connectivity index (χ0v) is 12.8. The Bertz CT molecular complexity index is 455. The molecule has 0 amide bonds. The lowest BCUT2D eigenvalue weighted by Crippen LogP contribution is -2.36. The lowest BCUT2D eigenvalue weighted by atomic mass is 9.93. The third-order valence-corrected chi connectivity index (χ3v) is 4.46. The number of fused-ring (bicyclic) bond motifs is 1. The second-order valence-electron chi connectivity index (χ2n) is 5.89. The Morgan fingerprint density at radius 3 is 2.62 bits per heavy atom. The van der Waals surface area contributed by atoms with Gasteiger partial charge in [0, 0.05) is 13.2 Å². The van der Waals surface area contributed by atoms with Crippen LogP contribution >= 0.6 is 0 Å². The van der Waals surface area contributed by atoms with E-state index in [0.717, 1.165) is 24.5 Å². The lowest BCUT2D eigenvalue weighted by molar-refractivity contribution is 0.0626. The standard InChI is InChI=1S/C17H25NO3/c1-19-15-5-3-14(4-6-15)18-9-8-13-2-7-16-17(12-13)21-11-10-20-16/h2,7,12,14-15,18H,3-6,8-11H2,1H3. The molecule has 1 aliphatic carbocycles. The minimum atomic E-state index is 0.473. The third kappa shape index (κ3) is 3.89. The number of methoxy groups -OCH3 is 1. The van der Waals surface area contributed by atoms with Crippen LogP contribution in [-0.4, -0.2) is 39.0 Å². The zero-order chi connectivity index (χ0) is 14.5. The Kier molecular flexibility index (Phi) is 4.99. The van der Waals surface area contributed by atoms with E-state index in [1.165, 1.54) is 31.2 Å². The first-order valence-corrected chi connectivity index (χ1v) is 8.00. The maximum atomic E-state index is 5.63. The highest BCUT2D eigenvalue weighted by molar-refractivity contribution is 5.43. The monoisotopic (exact) mass is 291 g/mol. The fraction of sp³-hybridized carbons (Fsp3) is 0.647. The molecule has 0 spiro atoms. The van der Waals surface area contributed by atoms with Crippen molar-refractivity contribution in [2.45, 2.75) is 44.2 Å². The highest BCUT2D eigenvalue weighted by atomic mass is 16.6. The Morgan fingerprint density at radius 1 is 1.10 bits per heavy atom. The van der Waals surface area contributed by atoms with Crippen molar-refractivity contribution in [3.05, 3.63) is 23.8 Å². The molecule has 0 aromatic heterocycles. The topological polar surface area (TPSA) is 39.7 Å². The Morgan fingerprint density at radius 2 is 1.86 bits per heavy atom. The fourth-order valence-corrected chi connectivity index (χ4v) is 3.17. The number of ether oxygens (including phenoxy) is 3. The van der Waals surface area contributed by atoms with Crippen molar-refractivity contribution in [3.8, 4) is 11.5 Å². The normalized spacial score (nSPS) is 24.8. The minimum Gasteiger partial charge on any atom is -0.486 e. The van der Waals surface area contributed by atoms with Crippen molar-refractivity contribution in [2.24, 2.45) is 0 Å². The van der Waals surface area contributed by atoms with E-state index in [-0.39, 0.29) is 0 Å². The second kappa shape index (κ2) is 7.14. The first kappa shape index (κ1) is 14.7. The van der Waals surface area contributed by atoms with Crippen LogP contribution in [0.4, 0.5) is 0 Å².